The number of anilines is 1. The van der Waals surface area contributed by atoms with E-state index in [1.54, 1.807) is 36.4 Å². The molecule has 7 heteroatoms. The third-order valence-corrected chi connectivity index (χ3v) is 4.28. The molecule has 2 N–H and O–H groups in total. The van der Waals surface area contributed by atoms with Gasteiger partial charge in [0.15, 0.2) is 0 Å². The minimum Gasteiger partial charge on any atom is -0.434 e. The van der Waals surface area contributed by atoms with Crippen molar-refractivity contribution in [3.05, 3.63) is 58.1 Å². The highest BCUT2D eigenvalue weighted by Crippen LogP contribution is 2.34. The maximum Gasteiger partial charge on any atom is 0.387 e. The van der Waals surface area contributed by atoms with E-state index in [0.29, 0.717) is 29.8 Å². The summed E-state index contributed by atoms with van der Waals surface area (Å²) in [6.45, 7) is 1.54. The van der Waals surface area contributed by atoms with E-state index in [9.17, 15) is 13.6 Å². The molecule has 2 aromatic carbocycles. The van der Waals surface area contributed by atoms with Crippen LogP contribution in [0.25, 0.3) is 0 Å². The lowest BCUT2D eigenvalue weighted by Gasteiger charge is -2.26. The first-order valence-electron chi connectivity index (χ1n) is 8.42. The summed E-state index contributed by atoms with van der Waals surface area (Å²) in [4.78, 5) is 12.1. The number of nitrogens with one attached hydrogen (secondary N) is 2. The summed E-state index contributed by atoms with van der Waals surface area (Å²) in [5.74, 6) is -0.0333. The fourth-order valence-corrected chi connectivity index (χ4v) is 3.09. The van der Waals surface area contributed by atoms with Crippen molar-refractivity contribution in [3.8, 4) is 5.75 Å². The number of carbonyl (C=O) groups is 1. The van der Waals surface area contributed by atoms with Gasteiger partial charge in [0.05, 0.1) is 11.6 Å². The van der Waals surface area contributed by atoms with Crippen LogP contribution in [0.15, 0.2) is 46.9 Å². The summed E-state index contributed by atoms with van der Waals surface area (Å²) in [6, 6.07) is 11.7. The van der Waals surface area contributed by atoms with Crippen molar-refractivity contribution in [2.45, 2.75) is 32.9 Å². The topological polar surface area (TPSA) is 50.4 Å². The Labute approximate surface area is 160 Å². The molecule has 1 aliphatic rings. The maximum absolute atomic E-state index is 12.7. The smallest absolute Gasteiger partial charge is 0.387 e. The number of amides is 1. The lowest BCUT2D eigenvalue weighted by Crippen LogP contribution is -2.31. The quantitative estimate of drug-likeness (QED) is 0.693. The standard InChI is InChI=1S/C17H15BrF2N2O2.C2H6/c18-10-5-6-12-14(9-10)22-13(7-8-21-16(12)23)11-3-1-2-4-15(11)24-17(19)20;1-2/h1-6,9,13,17,22H,7-8H2,(H,21,23);1-2H3. The Morgan fingerprint density at radius 3 is 2.65 bits per heavy atom. The number of hydrogen-bond acceptors (Lipinski definition) is 3. The maximum atomic E-state index is 12.7. The summed E-state index contributed by atoms with van der Waals surface area (Å²) in [5.41, 5.74) is 1.77. The van der Waals surface area contributed by atoms with Crippen molar-refractivity contribution in [2.24, 2.45) is 0 Å². The molecule has 1 amide bonds. The van der Waals surface area contributed by atoms with Gasteiger partial charge in [-0.25, -0.2) is 0 Å². The number of ether oxygens (including phenoxy) is 1. The van der Waals surface area contributed by atoms with Gasteiger partial charge in [-0.3, -0.25) is 4.79 Å². The van der Waals surface area contributed by atoms with Gasteiger partial charge in [0.2, 0.25) is 0 Å². The van der Waals surface area contributed by atoms with E-state index in [-0.39, 0.29) is 17.7 Å². The molecule has 0 radical (unpaired) electrons. The van der Waals surface area contributed by atoms with Crippen LogP contribution in [0.1, 0.15) is 42.2 Å². The monoisotopic (exact) mass is 426 g/mol. The Morgan fingerprint density at radius 2 is 1.92 bits per heavy atom. The van der Waals surface area contributed by atoms with E-state index in [0.717, 1.165) is 4.47 Å². The first-order valence-corrected chi connectivity index (χ1v) is 9.22. The number of fused-ring (bicyclic) bond motifs is 1. The van der Waals surface area contributed by atoms with Gasteiger partial charge < -0.3 is 15.4 Å². The van der Waals surface area contributed by atoms with E-state index >= 15 is 0 Å². The molecule has 3 rings (SSSR count). The van der Waals surface area contributed by atoms with Crippen molar-refractivity contribution in [1.82, 2.24) is 5.32 Å². The summed E-state index contributed by atoms with van der Waals surface area (Å²) in [5, 5.41) is 6.12. The SMILES string of the molecule is CC.O=C1NCCC(c2ccccc2OC(F)F)Nc2cc(Br)ccc21. The van der Waals surface area contributed by atoms with E-state index in [2.05, 4.69) is 31.3 Å². The highest BCUT2D eigenvalue weighted by molar-refractivity contribution is 9.10. The van der Waals surface area contributed by atoms with Gasteiger partial charge in [0, 0.05) is 22.3 Å². The first-order chi connectivity index (χ1) is 12.5. The predicted octanol–water partition coefficient (Wildman–Crippen LogP) is 5.36. The number of para-hydroxylation sites is 1. The average molecular weight is 427 g/mol. The van der Waals surface area contributed by atoms with Gasteiger partial charge in [0.1, 0.15) is 5.75 Å². The zero-order chi connectivity index (χ0) is 19.1. The van der Waals surface area contributed by atoms with Crippen LogP contribution in [0.3, 0.4) is 0 Å². The minimum atomic E-state index is -2.89. The van der Waals surface area contributed by atoms with Gasteiger partial charge in [-0.1, -0.05) is 48.0 Å². The molecule has 0 saturated carbocycles. The van der Waals surface area contributed by atoms with Crippen LogP contribution in [0.5, 0.6) is 5.75 Å². The van der Waals surface area contributed by atoms with Crippen molar-refractivity contribution in [2.75, 3.05) is 11.9 Å². The van der Waals surface area contributed by atoms with Gasteiger partial charge in [0.25, 0.3) is 5.91 Å². The number of benzene rings is 2. The molecule has 0 fully saturated rings. The minimum absolute atomic E-state index is 0.133. The molecule has 1 atom stereocenters. The fraction of sp³-hybridized carbons (Fsp3) is 0.316. The van der Waals surface area contributed by atoms with Crippen LogP contribution < -0.4 is 15.4 Å². The van der Waals surface area contributed by atoms with Crippen LogP contribution in [0.2, 0.25) is 0 Å². The van der Waals surface area contributed by atoms with Crippen LogP contribution in [-0.4, -0.2) is 19.1 Å². The summed E-state index contributed by atoms with van der Waals surface area (Å²) in [7, 11) is 0. The lowest BCUT2D eigenvalue weighted by molar-refractivity contribution is -0.0505. The molecule has 0 aromatic heterocycles. The van der Waals surface area contributed by atoms with Gasteiger partial charge in [-0.05, 0) is 30.7 Å². The predicted molar refractivity (Wildman–Crippen MR) is 102 cm³/mol. The molecule has 0 bridgehead atoms. The van der Waals surface area contributed by atoms with Crippen LogP contribution >= 0.6 is 15.9 Å². The zero-order valence-corrected chi connectivity index (χ0v) is 16.1. The number of alkyl halides is 2. The Hall–Kier alpha value is -2.15. The molecule has 0 spiro atoms. The van der Waals surface area contributed by atoms with Gasteiger partial charge in [-0.15, -0.1) is 0 Å². The molecule has 4 nitrogen and oxygen atoms in total. The third kappa shape index (κ3) is 4.94. The summed E-state index contributed by atoms with van der Waals surface area (Å²) in [6.07, 6.45) is 0.543. The Balaban J connectivity index is 0.00000117. The number of carbonyl (C=O) groups excluding carboxylic acids is 1. The number of halogens is 3. The second-order valence-electron chi connectivity index (χ2n) is 5.35. The molecule has 0 saturated heterocycles. The van der Waals surface area contributed by atoms with Crippen LogP contribution in [0.4, 0.5) is 14.5 Å². The highest BCUT2D eigenvalue weighted by Gasteiger charge is 2.23. The van der Waals surface area contributed by atoms with Crippen molar-refractivity contribution in [3.63, 3.8) is 0 Å². The zero-order valence-electron chi connectivity index (χ0n) is 14.6. The molecular weight excluding hydrogens is 406 g/mol. The molecule has 26 heavy (non-hydrogen) atoms. The van der Waals surface area contributed by atoms with Gasteiger partial charge in [-0.2, -0.15) is 8.78 Å². The molecule has 0 aliphatic carbocycles. The third-order valence-electron chi connectivity index (χ3n) is 3.79. The molecule has 1 aliphatic heterocycles. The van der Waals surface area contributed by atoms with Crippen molar-refractivity contribution >= 4 is 27.5 Å². The Kier molecular flexibility index (Phi) is 7.38. The molecule has 140 valence electrons. The molecule has 2 aromatic rings. The largest absolute Gasteiger partial charge is 0.434 e. The van der Waals surface area contributed by atoms with Crippen LogP contribution in [0, 0.1) is 0 Å². The molecule has 1 unspecified atom stereocenters. The van der Waals surface area contributed by atoms with Crippen molar-refractivity contribution in [1.29, 1.82) is 0 Å². The molecular formula is C19H21BrF2N2O2. The summed E-state index contributed by atoms with van der Waals surface area (Å²) >= 11 is 3.38. The van der Waals surface area contributed by atoms with E-state index in [4.69, 9.17) is 0 Å². The normalized spacial score (nSPS) is 16.2. The Morgan fingerprint density at radius 1 is 1.19 bits per heavy atom. The van der Waals surface area contributed by atoms with Gasteiger partial charge >= 0.3 is 6.61 Å². The first kappa shape index (κ1) is 20.2. The fourth-order valence-electron chi connectivity index (χ4n) is 2.72. The van der Waals surface area contributed by atoms with Crippen LogP contribution in [-0.2, 0) is 0 Å². The number of rotatable bonds is 3. The second kappa shape index (κ2) is 9.52. The lowest BCUT2D eigenvalue weighted by atomic mass is 9.99. The molecule has 1 heterocycles. The second-order valence-corrected chi connectivity index (χ2v) is 6.26. The van der Waals surface area contributed by atoms with E-state index < -0.39 is 6.61 Å². The average Bonchev–Trinajstić information content (AvgIpc) is 2.61. The van der Waals surface area contributed by atoms with E-state index in [1.165, 1.54) is 6.07 Å². The highest BCUT2D eigenvalue weighted by atomic mass is 79.9. The van der Waals surface area contributed by atoms with Crippen molar-refractivity contribution < 1.29 is 18.3 Å². The number of hydrogen-bond donors (Lipinski definition) is 2. The Bertz CT molecular complexity index is 756. The van der Waals surface area contributed by atoms with E-state index in [1.807, 2.05) is 13.8 Å². The summed E-state index contributed by atoms with van der Waals surface area (Å²) < 4.78 is 30.8.